The molecule has 0 fully saturated rings. The van der Waals surface area contributed by atoms with Crippen LogP contribution in [0.25, 0.3) is 0 Å². The zero-order valence-electron chi connectivity index (χ0n) is 9.28. The summed E-state index contributed by atoms with van der Waals surface area (Å²) in [5.41, 5.74) is 5.51. The van der Waals surface area contributed by atoms with Crippen LogP contribution in [0.4, 0.5) is 5.13 Å². The van der Waals surface area contributed by atoms with Gasteiger partial charge in [-0.1, -0.05) is 13.8 Å². The van der Waals surface area contributed by atoms with Crippen LogP contribution in [0.5, 0.6) is 0 Å². The maximum Gasteiger partial charge on any atom is 0.362 e. The maximum atomic E-state index is 11.6. The van der Waals surface area contributed by atoms with Crippen molar-refractivity contribution in [3.05, 3.63) is 10.6 Å². The minimum Gasteiger partial charge on any atom is -0.448 e. The van der Waals surface area contributed by atoms with E-state index in [0.29, 0.717) is 4.88 Å². The Kier molecular flexibility index (Phi) is 4.26. The molecule has 0 saturated heterocycles. The van der Waals surface area contributed by atoms with Crippen LogP contribution in [-0.2, 0) is 9.30 Å². The van der Waals surface area contributed by atoms with Gasteiger partial charge in [0.05, 0.1) is 0 Å². The molecule has 9 heteroatoms. The number of aromatic nitrogens is 1. The van der Waals surface area contributed by atoms with Crippen LogP contribution in [0.1, 0.15) is 35.1 Å². The van der Waals surface area contributed by atoms with Crippen molar-refractivity contribution in [1.82, 2.24) is 4.98 Å². The fourth-order valence-corrected chi connectivity index (χ4v) is 2.21. The van der Waals surface area contributed by atoms with Crippen molar-refractivity contribution in [3.63, 3.8) is 0 Å². The number of anilines is 1. The van der Waals surface area contributed by atoms with Gasteiger partial charge in [0.2, 0.25) is 0 Å². The van der Waals surface area contributed by atoms with Gasteiger partial charge in [0, 0.05) is 4.88 Å². The number of carbonyl (C=O) groups excluding carboxylic acids is 1. The monoisotopic (exact) mass is 280 g/mol. The molecule has 7 nitrogen and oxygen atoms in total. The van der Waals surface area contributed by atoms with Crippen molar-refractivity contribution in [3.8, 4) is 0 Å². The molecule has 1 heterocycles. The molecule has 17 heavy (non-hydrogen) atoms. The molecule has 0 atom stereocenters. The van der Waals surface area contributed by atoms with Crippen molar-refractivity contribution in [2.24, 2.45) is 0 Å². The summed E-state index contributed by atoms with van der Waals surface area (Å²) in [6, 6.07) is 0. The smallest absolute Gasteiger partial charge is 0.362 e. The van der Waals surface area contributed by atoms with Crippen molar-refractivity contribution in [1.29, 1.82) is 0 Å². The van der Waals surface area contributed by atoms with E-state index in [1.165, 1.54) is 0 Å². The van der Waals surface area contributed by atoms with Gasteiger partial charge in [-0.3, -0.25) is 4.57 Å². The Morgan fingerprint density at radius 1 is 1.59 bits per heavy atom. The Labute approximate surface area is 102 Å². The van der Waals surface area contributed by atoms with Crippen molar-refractivity contribution >= 4 is 30.0 Å². The molecule has 1 aromatic heterocycles. The lowest BCUT2D eigenvalue weighted by Gasteiger charge is -2.06. The zero-order chi connectivity index (χ0) is 13.2. The summed E-state index contributed by atoms with van der Waals surface area (Å²) in [5, 5.41) is 0.219. The molecule has 0 radical (unpaired) electrons. The number of hydrogen-bond donors (Lipinski definition) is 3. The van der Waals surface area contributed by atoms with Gasteiger partial charge in [-0.05, 0) is 5.92 Å². The lowest BCUT2D eigenvalue weighted by atomic mass is 10.1. The van der Waals surface area contributed by atoms with Crippen LogP contribution in [0, 0.1) is 0 Å². The van der Waals surface area contributed by atoms with Gasteiger partial charge in [0.1, 0.15) is 0 Å². The Morgan fingerprint density at radius 2 is 2.18 bits per heavy atom. The van der Waals surface area contributed by atoms with Gasteiger partial charge >= 0.3 is 13.6 Å². The Hall–Kier alpha value is -0.950. The summed E-state index contributed by atoms with van der Waals surface area (Å²) in [7, 11) is -4.37. The lowest BCUT2D eigenvalue weighted by molar-refractivity contribution is 0.0542. The number of nitrogen functional groups attached to an aromatic ring is 1. The highest BCUT2D eigenvalue weighted by molar-refractivity contribution is 7.51. The van der Waals surface area contributed by atoms with Gasteiger partial charge in [0.15, 0.2) is 17.2 Å². The summed E-state index contributed by atoms with van der Waals surface area (Å²) in [6.45, 7) is 3.71. The molecule has 4 N–H and O–H groups in total. The summed E-state index contributed by atoms with van der Waals surface area (Å²) in [5.74, 6) is -0.840. The molecule has 1 rings (SSSR count). The first kappa shape index (κ1) is 14.1. The van der Waals surface area contributed by atoms with Gasteiger partial charge in [-0.2, -0.15) is 0 Å². The quantitative estimate of drug-likeness (QED) is 0.558. The van der Waals surface area contributed by atoms with Crippen molar-refractivity contribution in [2.75, 3.05) is 12.1 Å². The number of carbonyl (C=O) groups is 1. The van der Waals surface area contributed by atoms with E-state index in [2.05, 4.69) is 9.72 Å². The lowest BCUT2D eigenvalue weighted by Crippen LogP contribution is -2.10. The number of nitrogens with two attached hydrogens (primary N) is 1. The summed E-state index contributed by atoms with van der Waals surface area (Å²) in [6.07, 6.45) is -0.958. The minimum atomic E-state index is -4.37. The second-order valence-electron chi connectivity index (χ2n) is 3.65. The van der Waals surface area contributed by atoms with Crippen LogP contribution in [0.3, 0.4) is 0 Å². The fourth-order valence-electron chi connectivity index (χ4n) is 1.10. The number of rotatable bonds is 4. The fraction of sp³-hybridized carbons (Fsp3) is 0.500. The predicted molar refractivity (Wildman–Crippen MR) is 62.9 cm³/mol. The van der Waals surface area contributed by atoms with Crippen LogP contribution >= 0.6 is 18.9 Å². The van der Waals surface area contributed by atoms with E-state index in [-0.39, 0.29) is 16.7 Å². The number of thiazole rings is 1. The van der Waals surface area contributed by atoms with Crippen molar-refractivity contribution < 1.29 is 23.9 Å². The molecule has 0 aliphatic carbocycles. The first-order chi connectivity index (χ1) is 7.70. The second kappa shape index (κ2) is 5.14. The van der Waals surface area contributed by atoms with E-state index in [1.54, 1.807) is 0 Å². The molecule has 96 valence electrons. The average Bonchev–Trinajstić information content (AvgIpc) is 2.55. The van der Waals surface area contributed by atoms with Crippen molar-refractivity contribution in [2.45, 2.75) is 19.8 Å². The third kappa shape index (κ3) is 4.08. The molecule has 0 bridgehead atoms. The Bertz CT molecular complexity index is 466. The highest BCUT2D eigenvalue weighted by atomic mass is 32.1. The minimum absolute atomic E-state index is 0.0240. The molecule has 0 saturated carbocycles. The summed E-state index contributed by atoms with van der Waals surface area (Å²) < 4.78 is 15.0. The summed E-state index contributed by atoms with van der Waals surface area (Å²) >= 11 is 1.16. The molecular weight excluding hydrogens is 267 g/mol. The average molecular weight is 280 g/mol. The molecule has 1 aromatic rings. The zero-order valence-corrected chi connectivity index (χ0v) is 11.0. The molecule has 0 aliphatic heterocycles. The predicted octanol–water partition coefficient (Wildman–Crippen LogP) is 1.14. The largest absolute Gasteiger partial charge is 0.448 e. The molecular formula is C8H13N2O5PS. The van der Waals surface area contributed by atoms with Crippen LogP contribution in [-0.4, -0.2) is 27.1 Å². The van der Waals surface area contributed by atoms with Crippen LogP contribution in [0.2, 0.25) is 0 Å². The SMILES string of the molecule is CC(C)c1sc(N)nc1C(=O)OCP(=O)(O)O. The second-order valence-corrected chi connectivity index (χ2v) is 6.30. The first-order valence-corrected chi connectivity index (χ1v) is 7.30. The normalized spacial score (nSPS) is 11.8. The van der Waals surface area contributed by atoms with Gasteiger partial charge in [-0.15, -0.1) is 11.3 Å². The van der Waals surface area contributed by atoms with E-state index < -0.39 is 19.9 Å². The van der Waals surface area contributed by atoms with Crippen LogP contribution in [0.15, 0.2) is 0 Å². The topological polar surface area (TPSA) is 123 Å². The number of esters is 1. The molecule has 0 spiro atoms. The Balaban J connectivity index is 2.85. The van der Waals surface area contributed by atoms with Gasteiger partial charge < -0.3 is 20.3 Å². The number of hydrogen-bond acceptors (Lipinski definition) is 6. The molecule has 0 aromatic carbocycles. The summed E-state index contributed by atoms with van der Waals surface area (Å²) in [4.78, 5) is 33.2. The van der Waals surface area contributed by atoms with E-state index in [0.717, 1.165) is 11.3 Å². The van der Waals surface area contributed by atoms with Crippen LogP contribution < -0.4 is 5.73 Å². The Morgan fingerprint density at radius 3 is 2.65 bits per heavy atom. The van der Waals surface area contributed by atoms with Gasteiger partial charge in [-0.25, -0.2) is 9.78 Å². The highest BCUT2D eigenvalue weighted by Gasteiger charge is 2.23. The molecule has 0 amide bonds. The first-order valence-electron chi connectivity index (χ1n) is 4.68. The van der Waals surface area contributed by atoms with E-state index in [9.17, 15) is 9.36 Å². The third-order valence-corrected chi connectivity index (χ3v) is 3.40. The molecule has 0 unspecified atom stereocenters. The van der Waals surface area contributed by atoms with E-state index >= 15 is 0 Å². The number of ether oxygens (including phenoxy) is 1. The van der Waals surface area contributed by atoms with E-state index in [1.807, 2.05) is 13.8 Å². The third-order valence-electron chi connectivity index (χ3n) is 1.75. The maximum absolute atomic E-state index is 11.6. The highest BCUT2D eigenvalue weighted by Crippen LogP contribution is 2.35. The molecule has 0 aliphatic rings. The standard InChI is InChI=1S/C8H13N2O5PS/c1-4(2)6-5(10-8(9)17-6)7(11)15-3-16(12,13)14/h4H,3H2,1-2H3,(H2,9,10)(H2,12,13,14). The van der Waals surface area contributed by atoms with Gasteiger partial charge in [0.25, 0.3) is 0 Å². The van der Waals surface area contributed by atoms with E-state index in [4.69, 9.17) is 15.5 Å². The number of nitrogens with zero attached hydrogens (tertiary/aromatic N) is 1.